The van der Waals surface area contributed by atoms with Gasteiger partial charge in [0.1, 0.15) is 5.82 Å². The fraction of sp³-hybridized carbons (Fsp3) is 0.391. The maximum atomic E-state index is 13.6. The lowest BCUT2D eigenvalue weighted by molar-refractivity contribution is -0.120. The normalized spacial score (nSPS) is 14.4. The molecule has 8 heteroatoms. The first kappa shape index (κ1) is 22.9. The van der Waals surface area contributed by atoms with Gasteiger partial charge in [0.2, 0.25) is 5.91 Å². The number of carbonyl (C=O) groups excluding carboxylic acids is 1. The van der Waals surface area contributed by atoms with E-state index < -0.39 is 0 Å². The van der Waals surface area contributed by atoms with E-state index >= 15 is 0 Å². The molecule has 3 N–H and O–H groups in total. The Morgan fingerprint density at radius 3 is 2.71 bits per heavy atom. The summed E-state index contributed by atoms with van der Waals surface area (Å²) in [5.74, 6) is 1.34. The monoisotopic (exact) mass is 443 g/mol. The van der Waals surface area contributed by atoms with Crippen LogP contribution in [0.2, 0.25) is 0 Å². The fourth-order valence-corrected chi connectivity index (χ4v) is 4.00. The molecule has 0 unspecified atom stereocenters. The number of hydrogen-bond acceptors (Lipinski definition) is 4. The summed E-state index contributed by atoms with van der Waals surface area (Å²) >= 11 is 1.68. The first-order chi connectivity index (χ1) is 15.1. The molecule has 166 valence electrons. The number of anilines is 1. The second-order valence-corrected chi connectivity index (χ2v) is 8.20. The van der Waals surface area contributed by atoms with Crippen LogP contribution in [0.15, 0.2) is 47.5 Å². The summed E-state index contributed by atoms with van der Waals surface area (Å²) in [6.45, 7) is 5.79. The van der Waals surface area contributed by atoms with Gasteiger partial charge in [0.05, 0.1) is 13.1 Å². The predicted octanol–water partition coefficient (Wildman–Crippen LogP) is 2.88. The molecule has 1 aliphatic rings. The molecule has 0 bridgehead atoms. The first-order valence-electron chi connectivity index (χ1n) is 10.5. The Bertz CT molecular complexity index is 903. The van der Waals surface area contributed by atoms with Crippen molar-refractivity contribution in [3.8, 4) is 0 Å². The van der Waals surface area contributed by atoms with Gasteiger partial charge in [-0.05, 0) is 54.1 Å². The molecule has 31 heavy (non-hydrogen) atoms. The van der Waals surface area contributed by atoms with E-state index in [-0.39, 0.29) is 11.7 Å². The predicted molar refractivity (Wildman–Crippen MR) is 127 cm³/mol. The molecular weight excluding hydrogens is 413 g/mol. The zero-order valence-corrected chi connectivity index (χ0v) is 18.9. The van der Waals surface area contributed by atoms with Crippen molar-refractivity contribution in [3.05, 3.63) is 65.0 Å². The summed E-state index contributed by atoms with van der Waals surface area (Å²) in [5, 5.41) is 9.45. The van der Waals surface area contributed by atoms with E-state index in [4.69, 9.17) is 0 Å². The average Bonchev–Trinajstić information content (AvgIpc) is 2.77. The SMILES string of the molecule is CCNC(=NCc1ccc(N2CCNC(=O)C2)cc1)NCc1ccc(F)cc1CSC. The van der Waals surface area contributed by atoms with Crippen LogP contribution in [-0.2, 0) is 23.6 Å². The minimum absolute atomic E-state index is 0.0584. The summed E-state index contributed by atoms with van der Waals surface area (Å²) in [4.78, 5) is 18.3. The van der Waals surface area contributed by atoms with Crippen LogP contribution < -0.4 is 20.9 Å². The van der Waals surface area contributed by atoms with Crippen molar-refractivity contribution in [3.63, 3.8) is 0 Å². The molecule has 1 saturated heterocycles. The van der Waals surface area contributed by atoms with Crippen LogP contribution in [0.25, 0.3) is 0 Å². The van der Waals surface area contributed by atoms with Crippen molar-refractivity contribution in [1.29, 1.82) is 0 Å². The number of carbonyl (C=O) groups is 1. The highest BCUT2D eigenvalue weighted by Crippen LogP contribution is 2.18. The van der Waals surface area contributed by atoms with E-state index in [1.807, 2.05) is 43.5 Å². The highest BCUT2D eigenvalue weighted by molar-refractivity contribution is 7.97. The highest BCUT2D eigenvalue weighted by Gasteiger charge is 2.16. The molecule has 1 amide bonds. The molecule has 0 radical (unpaired) electrons. The molecule has 1 heterocycles. The Morgan fingerprint density at radius 1 is 1.19 bits per heavy atom. The zero-order valence-electron chi connectivity index (χ0n) is 18.1. The smallest absolute Gasteiger partial charge is 0.239 e. The van der Waals surface area contributed by atoms with E-state index in [1.54, 1.807) is 17.8 Å². The standard InChI is InChI=1S/C23H30FN5OS/c1-3-25-23(28-14-18-6-7-20(24)12-19(18)16-31-2)27-13-17-4-8-21(9-5-17)29-11-10-26-22(30)15-29/h4-9,12H,3,10-11,13-16H2,1-2H3,(H,26,30)(H2,25,27,28). The maximum Gasteiger partial charge on any atom is 0.239 e. The summed E-state index contributed by atoms with van der Waals surface area (Å²) in [6, 6.07) is 13.1. The molecule has 1 fully saturated rings. The summed E-state index contributed by atoms with van der Waals surface area (Å²) < 4.78 is 13.6. The summed E-state index contributed by atoms with van der Waals surface area (Å²) in [5.41, 5.74) is 4.20. The lowest BCUT2D eigenvalue weighted by Crippen LogP contribution is -2.47. The van der Waals surface area contributed by atoms with E-state index in [1.165, 1.54) is 6.07 Å². The molecule has 2 aromatic rings. The van der Waals surface area contributed by atoms with E-state index in [2.05, 4.69) is 25.8 Å². The van der Waals surface area contributed by atoms with E-state index in [0.717, 1.165) is 47.2 Å². The van der Waals surface area contributed by atoms with Crippen LogP contribution in [0.1, 0.15) is 23.6 Å². The van der Waals surface area contributed by atoms with Gasteiger partial charge in [0, 0.05) is 37.6 Å². The third kappa shape index (κ3) is 6.89. The number of aliphatic imine (C=N–C) groups is 1. The number of hydrogen-bond donors (Lipinski definition) is 3. The second kappa shape index (κ2) is 11.6. The van der Waals surface area contributed by atoms with Gasteiger partial charge in [-0.15, -0.1) is 0 Å². The van der Waals surface area contributed by atoms with Crippen LogP contribution in [-0.4, -0.2) is 44.3 Å². The Morgan fingerprint density at radius 2 is 2.00 bits per heavy atom. The number of halogens is 1. The van der Waals surface area contributed by atoms with Gasteiger partial charge in [0.25, 0.3) is 0 Å². The maximum absolute atomic E-state index is 13.6. The van der Waals surface area contributed by atoms with E-state index in [9.17, 15) is 9.18 Å². The fourth-order valence-electron chi connectivity index (χ4n) is 3.42. The molecular formula is C23H30FN5OS. The molecule has 0 aliphatic carbocycles. The van der Waals surface area contributed by atoms with Crippen molar-refractivity contribution in [2.24, 2.45) is 4.99 Å². The van der Waals surface area contributed by atoms with Crippen LogP contribution >= 0.6 is 11.8 Å². The van der Waals surface area contributed by atoms with Gasteiger partial charge in [-0.1, -0.05) is 18.2 Å². The van der Waals surface area contributed by atoms with Gasteiger partial charge in [-0.3, -0.25) is 4.79 Å². The van der Waals surface area contributed by atoms with Crippen molar-refractivity contribution in [2.75, 3.05) is 37.3 Å². The zero-order chi connectivity index (χ0) is 22.1. The molecule has 0 atom stereocenters. The minimum Gasteiger partial charge on any atom is -0.360 e. The third-order valence-corrected chi connectivity index (χ3v) is 5.62. The van der Waals surface area contributed by atoms with Gasteiger partial charge in [-0.2, -0.15) is 11.8 Å². The molecule has 6 nitrogen and oxygen atoms in total. The number of nitrogens with zero attached hydrogens (tertiary/aromatic N) is 2. The average molecular weight is 444 g/mol. The van der Waals surface area contributed by atoms with Gasteiger partial charge >= 0.3 is 0 Å². The number of benzene rings is 2. The van der Waals surface area contributed by atoms with Crippen LogP contribution in [0, 0.1) is 5.82 Å². The number of guanidine groups is 1. The molecule has 3 rings (SSSR count). The number of piperazine rings is 1. The number of thioether (sulfide) groups is 1. The van der Waals surface area contributed by atoms with Crippen LogP contribution in [0.3, 0.4) is 0 Å². The summed E-state index contributed by atoms with van der Waals surface area (Å²) in [7, 11) is 0. The minimum atomic E-state index is -0.206. The molecule has 2 aromatic carbocycles. The van der Waals surface area contributed by atoms with Gasteiger partial charge < -0.3 is 20.9 Å². The lowest BCUT2D eigenvalue weighted by Gasteiger charge is -2.28. The van der Waals surface area contributed by atoms with Crippen molar-refractivity contribution < 1.29 is 9.18 Å². The quantitative estimate of drug-likeness (QED) is 0.432. The first-order valence-corrected chi connectivity index (χ1v) is 11.9. The van der Waals surface area contributed by atoms with Crippen LogP contribution in [0.4, 0.5) is 10.1 Å². The number of rotatable bonds is 8. The largest absolute Gasteiger partial charge is 0.360 e. The summed E-state index contributed by atoms with van der Waals surface area (Å²) in [6.07, 6.45) is 2.01. The topological polar surface area (TPSA) is 68.8 Å². The second-order valence-electron chi connectivity index (χ2n) is 7.33. The molecule has 0 saturated carbocycles. The highest BCUT2D eigenvalue weighted by atomic mass is 32.2. The van der Waals surface area contributed by atoms with Crippen molar-refractivity contribution in [1.82, 2.24) is 16.0 Å². The lowest BCUT2D eigenvalue weighted by atomic mass is 10.1. The Hall–Kier alpha value is -2.74. The van der Waals surface area contributed by atoms with E-state index in [0.29, 0.717) is 26.2 Å². The third-order valence-electron chi connectivity index (χ3n) is 5.02. The number of nitrogens with one attached hydrogen (secondary N) is 3. The molecule has 1 aliphatic heterocycles. The van der Waals surface area contributed by atoms with Gasteiger partial charge in [0.15, 0.2) is 5.96 Å². The van der Waals surface area contributed by atoms with Crippen molar-refractivity contribution >= 4 is 29.3 Å². The molecule has 0 aromatic heterocycles. The Balaban J connectivity index is 1.61. The number of amides is 1. The van der Waals surface area contributed by atoms with Gasteiger partial charge in [-0.25, -0.2) is 9.38 Å². The molecule has 0 spiro atoms. The van der Waals surface area contributed by atoms with Crippen molar-refractivity contribution in [2.45, 2.75) is 25.8 Å². The Kier molecular flexibility index (Phi) is 8.58. The van der Waals surface area contributed by atoms with Crippen LogP contribution in [0.5, 0.6) is 0 Å². The Labute approximate surface area is 187 Å².